The monoisotopic (exact) mass is 308 g/mol. The van der Waals surface area contributed by atoms with E-state index in [2.05, 4.69) is 10.6 Å². The standard InChI is InChI=1S/C16H21FN2O3/c1-4-22-13-9-12(16(13,2)3)19-15(21)14(20)18-11-8-6-5-7-10(11)17/h5-8,12-13H,4,9H2,1-3H3,(H,18,20)(H,19,21)/t12-,13+/m0/s1. The Kier molecular flexibility index (Phi) is 4.81. The van der Waals surface area contributed by atoms with Gasteiger partial charge in [-0.15, -0.1) is 0 Å². The molecule has 0 spiro atoms. The van der Waals surface area contributed by atoms with Crippen molar-refractivity contribution in [3.63, 3.8) is 0 Å². The molecule has 1 fully saturated rings. The lowest BCUT2D eigenvalue weighted by atomic mass is 9.64. The van der Waals surface area contributed by atoms with E-state index in [1.54, 1.807) is 6.07 Å². The molecule has 0 heterocycles. The first kappa shape index (κ1) is 16.4. The number of carbonyl (C=O) groups excluding carboxylic acids is 2. The second kappa shape index (κ2) is 6.44. The highest BCUT2D eigenvalue weighted by atomic mass is 19.1. The fourth-order valence-corrected chi connectivity index (χ4v) is 2.58. The van der Waals surface area contributed by atoms with Crippen LogP contribution in [0.2, 0.25) is 0 Å². The lowest BCUT2D eigenvalue weighted by Crippen LogP contribution is -2.63. The van der Waals surface area contributed by atoms with Gasteiger partial charge in [-0.25, -0.2) is 4.39 Å². The maximum Gasteiger partial charge on any atom is 0.313 e. The molecule has 1 aliphatic carbocycles. The van der Waals surface area contributed by atoms with Gasteiger partial charge in [0.05, 0.1) is 11.8 Å². The number of para-hydroxylation sites is 1. The average molecular weight is 308 g/mol. The number of hydrogen-bond acceptors (Lipinski definition) is 3. The first-order chi connectivity index (χ1) is 10.4. The number of nitrogens with one attached hydrogen (secondary N) is 2. The molecule has 5 nitrogen and oxygen atoms in total. The molecule has 6 heteroatoms. The van der Waals surface area contributed by atoms with E-state index in [9.17, 15) is 14.0 Å². The van der Waals surface area contributed by atoms with E-state index in [0.29, 0.717) is 13.0 Å². The maximum atomic E-state index is 13.4. The van der Waals surface area contributed by atoms with Crippen molar-refractivity contribution >= 4 is 17.5 Å². The van der Waals surface area contributed by atoms with Gasteiger partial charge in [0.25, 0.3) is 0 Å². The molecular formula is C16H21FN2O3. The number of ether oxygens (including phenoxy) is 1. The molecule has 0 aliphatic heterocycles. The van der Waals surface area contributed by atoms with Crippen LogP contribution in [0, 0.1) is 11.2 Å². The fourth-order valence-electron chi connectivity index (χ4n) is 2.58. The summed E-state index contributed by atoms with van der Waals surface area (Å²) in [6.45, 7) is 6.50. The quantitative estimate of drug-likeness (QED) is 0.837. The van der Waals surface area contributed by atoms with Crippen molar-refractivity contribution in [2.45, 2.75) is 39.3 Å². The molecule has 0 saturated heterocycles. The lowest BCUT2D eigenvalue weighted by molar-refractivity contribution is -0.144. The summed E-state index contributed by atoms with van der Waals surface area (Å²) in [7, 11) is 0. The smallest absolute Gasteiger partial charge is 0.313 e. The van der Waals surface area contributed by atoms with Crippen LogP contribution in [0.1, 0.15) is 27.2 Å². The van der Waals surface area contributed by atoms with Crippen molar-refractivity contribution in [1.82, 2.24) is 5.32 Å². The topological polar surface area (TPSA) is 67.4 Å². The molecule has 0 unspecified atom stereocenters. The molecule has 1 aromatic carbocycles. The summed E-state index contributed by atoms with van der Waals surface area (Å²) < 4.78 is 19.0. The van der Waals surface area contributed by atoms with Crippen LogP contribution in [0.15, 0.2) is 24.3 Å². The van der Waals surface area contributed by atoms with Gasteiger partial charge in [-0.1, -0.05) is 26.0 Å². The largest absolute Gasteiger partial charge is 0.378 e. The van der Waals surface area contributed by atoms with Crippen LogP contribution in [0.25, 0.3) is 0 Å². The zero-order valence-electron chi connectivity index (χ0n) is 13.0. The Morgan fingerprint density at radius 2 is 2.00 bits per heavy atom. The third-order valence-electron chi connectivity index (χ3n) is 4.18. The molecule has 2 N–H and O–H groups in total. The van der Waals surface area contributed by atoms with Crippen LogP contribution in [0.3, 0.4) is 0 Å². The first-order valence-corrected chi connectivity index (χ1v) is 7.34. The molecule has 0 bridgehead atoms. The molecule has 120 valence electrons. The second-order valence-electron chi connectivity index (χ2n) is 5.96. The Hall–Kier alpha value is -1.95. The van der Waals surface area contributed by atoms with Crippen molar-refractivity contribution in [3.8, 4) is 0 Å². The minimum Gasteiger partial charge on any atom is -0.378 e. The zero-order chi connectivity index (χ0) is 16.3. The first-order valence-electron chi connectivity index (χ1n) is 7.34. The van der Waals surface area contributed by atoms with Crippen LogP contribution >= 0.6 is 0 Å². The Labute approximate surface area is 129 Å². The number of carbonyl (C=O) groups is 2. The summed E-state index contributed by atoms with van der Waals surface area (Å²) in [6.07, 6.45) is 0.733. The highest BCUT2D eigenvalue weighted by Crippen LogP contribution is 2.42. The summed E-state index contributed by atoms with van der Waals surface area (Å²) in [5.74, 6) is -2.22. The van der Waals surface area contributed by atoms with Crippen LogP contribution < -0.4 is 10.6 Å². The van der Waals surface area contributed by atoms with E-state index in [1.807, 2.05) is 20.8 Å². The molecule has 1 saturated carbocycles. The van der Waals surface area contributed by atoms with E-state index >= 15 is 0 Å². The predicted molar refractivity (Wildman–Crippen MR) is 80.8 cm³/mol. The molecule has 1 aliphatic rings. The highest BCUT2D eigenvalue weighted by molar-refractivity contribution is 6.39. The van der Waals surface area contributed by atoms with Crippen molar-refractivity contribution in [2.24, 2.45) is 5.41 Å². The van der Waals surface area contributed by atoms with Gasteiger partial charge in [0.1, 0.15) is 5.82 Å². The maximum absolute atomic E-state index is 13.4. The molecule has 22 heavy (non-hydrogen) atoms. The van der Waals surface area contributed by atoms with Gasteiger partial charge in [-0.3, -0.25) is 9.59 Å². The van der Waals surface area contributed by atoms with Gasteiger partial charge in [0, 0.05) is 18.1 Å². The number of amides is 2. The highest BCUT2D eigenvalue weighted by Gasteiger charge is 2.49. The van der Waals surface area contributed by atoms with Crippen molar-refractivity contribution in [2.75, 3.05) is 11.9 Å². The van der Waals surface area contributed by atoms with Crippen LogP contribution in [-0.2, 0) is 14.3 Å². The van der Waals surface area contributed by atoms with E-state index in [0.717, 1.165) is 0 Å². The van der Waals surface area contributed by atoms with Gasteiger partial charge < -0.3 is 15.4 Å². The molecule has 2 amide bonds. The van der Waals surface area contributed by atoms with Gasteiger partial charge in [0.15, 0.2) is 0 Å². The van der Waals surface area contributed by atoms with E-state index < -0.39 is 17.6 Å². The minimum absolute atomic E-state index is 0.0114. The summed E-state index contributed by atoms with van der Waals surface area (Å²) >= 11 is 0. The number of halogens is 1. The second-order valence-corrected chi connectivity index (χ2v) is 5.96. The van der Waals surface area contributed by atoms with Crippen LogP contribution in [0.5, 0.6) is 0 Å². The Morgan fingerprint density at radius 3 is 2.59 bits per heavy atom. The summed E-state index contributed by atoms with van der Waals surface area (Å²) in [4.78, 5) is 23.8. The van der Waals surface area contributed by atoms with Gasteiger partial charge in [-0.05, 0) is 25.5 Å². The normalized spacial score (nSPS) is 22.5. The van der Waals surface area contributed by atoms with E-state index in [4.69, 9.17) is 4.74 Å². The molecular weight excluding hydrogens is 287 g/mol. The molecule has 2 rings (SSSR count). The minimum atomic E-state index is -0.874. The molecule has 0 radical (unpaired) electrons. The number of anilines is 1. The number of benzene rings is 1. The van der Waals surface area contributed by atoms with Crippen LogP contribution in [0.4, 0.5) is 10.1 Å². The molecule has 2 atom stereocenters. The molecule has 1 aromatic rings. The fraction of sp³-hybridized carbons (Fsp3) is 0.500. The summed E-state index contributed by atoms with van der Waals surface area (Å²) in [6, 6.07) is 5.57. The van der Waals surface area contributed by atoms with Crippen LogP contribution in [-0.4, -0.2) is 30.6 Å². The average Bonchev–Trinajstić information content (AvgIpc) is 2.48. The summed E-state index contributed by atoms with van der Waals surface area (Å²) in [5, 5.41) is 4.95. The van der Waals surface area contributed by atoms with Gasteiger partial charge >= 0.3 is 11.8 Å². The Morgan fingerprint density at radius 1 is 1.32 bits per heavy atom. The SMILES string of the molecule is CCO[C@@H]1C[C@H](NC(=O)C(=O)Nc2ccccc2F)C1(C)C. The predicted octanol–water partition coefficient (Wildman–Crippen LogP) is 2.08. The van der Waals surface area contributed by atoms with Crippen molar-refractivity contribution < 1.29 is 18.7 Å². The van der Waals surface area contributed by atoms with Crippen molar-refractivity contribution in [3.05, 3.63) is 30.1 Å². The van der Waals surface area contributed by atoms with Gasteiger partial charge in [-0.2, -0.15) is 0 Å². The van der Waals surface area contributed by atoms with E-state index in [-0.39, 0.29) is 23.2 Å². The third kappa shape index (κ3) is 3.27. The lowest BCUT2D eigenvalue weighted by Gasteiger charge is -2.51. The van der Waals surface area contributed by atoms with Gasteiger partial charge in [0.2, 0.25) is 0 Å². The Bertz CT molecular complexity index is 574. The summed E-state index contributed by atoms with van der Waals surface area (Å²) in [5.41, 5.74) is -0.244. The molecule has 0 aromatic heterocycles. The zero-order valence-corrected chi connectivity index (χ0v) is 13.0. The van der Waals surface area contributed by atoms with E-state index in [1.165, 1.54) is 18.2 Å². The number of rotatable bonds is 4. The van der Waals surface area contributed by atoms with Crippen molar-refractivity contribution in [1.29, 1.82) is 0 Å². The third-order valence-corrected chi connectivity index (χ3v) is 4.18. The Balaban J connectivity index is 1.91. The number of hydrogen-bond donors (Lipinski definition) is 2.